The molecule has 1 N–H and O–H groups in total. The van der Waals surface area contributed by atoms with Crippen LogP contribution in [0.5, 0.6) is 5.75 Å². The highest BCUT2D eigenvalue weighted by atomic mass is 16.3. The molecule has 0 aliphatic heterocycles. The summed E-state index contributed by atoms with van der Waals surface area (Å²) in [6.45, 7) is 0.362. The Kier molecular flexibility index (Phi) is 4.15. The van der Waals surface area contributed by atoms with E-state index in [-0.39, 0.29) is 11.7 Å². The molecule has 2 aromatic rings. The summed E-state index contributed by atoms with van der Waals surface area (Å²) in [4.78, 5) is 24.8. The molecule has 0 saturated carbocycles. The van der Waals surface area contributed by atoms with Gasteiger partial charge in [0.2, 0.25) is 0 Å². The van der Waals surface area contributed by atoms with Crippen LogP contribution in [0.1, 0.15) is 26.3 Å². The van der Waals surface area contributed by atoms with E-state index in [4.69, 9.17) is 0 Å². The van der Waals surface area contributed by atoms with Gasteiger partial charge in [-0.3, -0.25) is 9.59 Å². The fourth-order valence-corrected chi connectivity index (χ4v) is 2.00. The van der Waals surface area contributed by atoms with Gasteiger partial charge >= 0.3 is 0 Å². The number of aldehydes is 1. The Bertz CT molecular complexity index is 637. The lowest BCUT2D eigenvalue weighted by atomic mass is 10.1. The van der Waals surface area contributed by atoms with Gasteiger partial charge < -0.3 is 10.0 Å². The van der Waals surface area contributed by atoms with E-state index in [9.17, 15) is 14.7 Å². The summed E-state index contributed by atoms with van der Waals surface area (Å²) in [6, 6.07) is 13.4. The summed E-state index contributed by atoms with van der Waals surface area (Å²) in [5, 5.41) is 9.41. The molecule has 0 aromatic heterocycles. The molecule has 0 spiro atoms. The maximum Gasteiger partial charge on any atom is 0.254 e. The highest BCUT2D eigenvalue weighted by Gasteiger charge is 2.15. The molecule has 102 valence electrons. The predicted molar refractivity (Wildman–Crippen MR) is 75.7 cm³/mol. The van der Waals surface area contributed by atoms with Crippen LogP contribution in [0.2, 0.25) is 0 Å². The van der Waals surface area contributed by atoms with E-state index in [1.54, 1.807) is 49.5 Å². The monoisotopic (exact) mass is 269 g/mol. The van der Waals surface area contributed by atoms with Gasteiger partial charge in [0, 0.05) is 19.2 Å². The largest absolute Gasteiger partial charge is 0.508 e. The van der Waals surface area contributed by atoms with Gasteiger partial charge in [-0.05, 0) is 23.8 Å². The molecular formula is C16H15NO3. The molecular weight excluding hydrogens is 254 g/mol. The number of nitrogens with zero attached hydrogens (tertiary/aromatic N) is 1. The van der Waals surface area contributed by atoms with E-state index < -0.39 is 0 Å². The minimum atomic E-state index is -0.226. The Morgan fingerprint density at radius 2 is 1.95 bits per heavy atom. The van der Waals surface area contributed by atoms with E-state index in [1.807, 2.05) is 6.07 Å². The van der Waals surface area contributed by atoms with Gasteiger partial charge in [-0.15, -0.1) is 0 Å². The van der Waals surface area contributed by atoms with Crippen LogP contribution in [0.3, 0.4) is 0 Å². The van der Waals surface area contributed by atoms with Crippen molar-refractivity contribution in [1.82, 2.24) is 4.90 Å². The minimum Gasteiger partial charge on any atom is -0.508 e. The maximum absolute atomic E-state index is 12.3. The molecule has 0 heterocycles. The minimum absolute atomic E-state index is 0.164. The molecule has 4 nitrogen and oxygen atoms in total. The molecule has 0 bridgehead atoms. The van der Waals surface area contributed by atoms with Crippen molar-refractivity contribution in [3.05, 3.63) is 65.2 Å². The molecule has 0 saturated heterocycles. The van der Waals surface area contributed by atoms with Gasteiger partial charge in [0.05, 0.1) is 5.56 Å². The van der Waals surface area contributed by atoms with Crippen molar-refractivity contribution in [3.8, 4) is 5.75 Å². The molecule has 0 radical (unpaired) electrons. The topological polar surface area (TPSA) is 57.6 Å². The molecule has 0 fully saturated rings. The third kappa shape index (κ3) is 3.03. The van der Waals surface area contributed by atoms with E-state index >= 15 is 0 Å². The molecule has 2 rings (SSSR count). The van der Waals surface area contributed by atoms with Crippen molar-refractivity contribution >= 4 is 12.2 Å². The third-order valence-electron chi connectivity index (χ3n) is 3.00. The first-order chi connectivity index (χ1) is 9.61. The number of carbonyl (C=O) groups excluding carboxylic acids is 2. The first-order valence-corrected chi connectivity index (χ1v) is 6.19. The number of benzene rings is 2. The van der Waals surface area contributed by atoms with Crippen molar-refractivity contribution in [2.75, 3.05) is 7.05 Å². The lowest BCUT2D eigenvalue weighted by Crippen LogP contribution is -2.27. The molecule has 20 heavy (non-hydrogen) atoms. The molecule has 1 amide bonds. The van der Waals surface area contributed by atoms with Gasteiger partial charge in [-0.25, -0.2) is 0 Å². The van der Waals surface area contributed by atoms with Crippen molar-refractivity contribution in [3.63, 3.8) is 0 Å². The Labute approximate surface area is 117 Å². The summed E-state index contributed by atoms with van der Waals surface area (Å²) in [5.74, 6) is -0.0623. The van der Waals surface area contributed by atoms with E-state index in [1.165, 1.54) is 4.90 Å². The first-order valence-electron chi connectivity index (χ1n) is 6.19. The number of aromatic hydroxyl groups is 1. The van der Waals surface area contributed by atoms with E-state index in [0.717, 1.165) is 5.56 Å². The average Bonchev–Trinajstić information content (AvgIpc) is 2.46. The SMILES string of the molecule is CN(Cc1cccc(O)c1)C(=O)c1ccccc1C=O. The van der Waals surface area contributed by atoms with Crippen LogP contribution in [0.4, 0.5) is 0 Å². The number of hydrogen-bond acceptors (Lipinski definition) is 3. The zero-order valence-electron chi connectivity index (χ0n) is 11.1. The van der Waals surface area contributed by atoms with Crippen LogP contribution in [0.25, 0.3) is 0 Å². The van der Waals surface area contributed by atoms with Gasteiger partial charge in [0.1, 0.15) is 5.75 Å². The number of rotatable bonds is 4. The van der Waals surface area contributed by atoms with Crippen LogP contribution in [0, 0.1) is 0 Å². The fourth-order valence-electron chi connectivity index (χ4n) is 2.00. The molecule has 0 aliphatic rings. The second-order valence-corrected chi connectivity index (χ2v) is 4.54. The third-order valence-corrected chi connectivity index (χ3v) is 3.00. The molecule has 4 heteroatoms. The normalized spacial score (nSPS) is 10.1. The van der Waals surface area contributed by atoms with Crippen LogP contribution in [-0.2, 0) is 6.54 Å². The second kappa shape index (κ2) is 6.02. The Morgan fingerprint density at radius 3 is 2.65 bits per heavy atom. The predicted octanol–water partition coefficient (Wildman–Crippen LogP) is 2.48. The van der Waals surface area contributed by atoms with Gasteiger partial charge in [0.15, 0.2) is 6.29 Å². The zero-order valence-corrected chi connectivity index (χ0v) is 11.1. The number of phenols is 1. The summed E-state index contributed by atoms with van der Waals surface area (Å²) >= 11 is 0. The Hall–Kier alpha value is -2.62. The van der Waals surface area contributed by atoms with Gasteiger partial charge in [-0.1, -0.05) is 30.3 Å². The molecule has 0 aliphatic carbocycles. The number of phenolic OH excluding ortho intramolecular Hbond substituents is 1. The Morgan fingerprint density at radius 1 is 1.20 bits per heavy atom. The van der Waals surface area contributed by atoms with Crippen LogP contribution >= 0.6 is 0 Å². The van der Waals surface area contributed by atoms with Crippen molar-refractivity contribution in [1.29, 1.82) is 0 Å². The lowest BCUT2D eigenvalue weighted by molar-refractivity contribution is 0.0782. The number of amides is 1. The summed E-state index contributed by atoms with van der Waals surface area (Å²) in [5.41, 5.74) is 1.58. The zero-order chi connectivity index (χ0) is 14.5. The van der Waals surface area contributed by atoms with Crippen molar-refractivity contribution in [2.24, 2.45) is 0 Å². The highest BCUT2D eigenvalue weighted by Crippen LogP contribution is 2.15. The quantitative estimate of drug-likeness (QED) is 0.867. The van der Waals surface area contributed by atoms with Crippen LogP contribution in [0.15, 0.2) is 48.5 Å². The van der Waals surface area contributed by atoms with E-state index in [2.05, 4.69) is 0 Å². The van der Waals surface area contributed by atoms with Crippen LogP contribution < -0.4 is 0 Å². The molecule has 0 unspecified atom stereocenters. The summed E-state index contributed by atoms with van der Waals surface area (Å²) in [7, 11) is 1.66. The second-order valence-electron chi connectivity index (χ2n) is 4.54. The highest BCUT2D eigenvalue weighted by molar-refractivity contribution is 6.01. The number of hydrogen-bond donors (Lipinski definition) is 1. The van der Waals surface area contributed by atoms with Crippen molar-refractivity contribution < 1.29 is 14.7 Å². The van der Waals surface area contributed by atoms with Gasteiger partial charge in [-0.2, -0.15) is 0 Å². The smallest absolute Gasteiger partial charge is 0.254 e. The van der Waals surface area contributed by atoms with Crippen LogP contribution in [-0.4, -0.2) is 29.2 Å². The average molecular weight is 269 g/mol. The van der Waals surface area contributed by atoms with Crippen molar-refractivity contribution in [2.45, 2.75) is 6.54 Å². The molecule has 2 aromatic carbocycles. The Balaban J connectivity index is 2.18. The standard InChI is InChI=1S/C16H15NO3/c1-17(10-12-5-4-7-14(19)9-12)16(20)15-8-3-2-6-13(15)11-18/h2-9,11,19H,10H2,1H3. The fraction of sp³-hybridized carbons (Fsp3) is 0.125. The number of carbonyl (C=O) groups is 2. The first kappa shape index (κ1) is 13.8. The molecule has 0 atom stereocenters. The van der Waals surface area contributed by atoms with Gasteiger partial charge in [0.25, 0.3) is 5.91 Å². The lowest BCUT2D eigenvalue weighted by Gasteiger charge is -2.18. The maximum atomic E-state index is 12.3. The van der Waals surface area contributed by atoms with E-state index in [0.29, 0.717) is 24.0 Å². The summed E-state index contributed by atoms with van der Waals surface area (Å²) < 4.78 is 0. The summed E-state index contributed by atoms with van der Waals surface area (Å²) in [6.07, 6.45) is 0.676.